The molecule has 1 aliphatic rings. The van der Waals surface area contributed by atoms with E-state index in [1.165, 1.54) is 6.08 Å². The van der Waals surface area contributed by atoms with Crippen LogP contribution in [-0.4, -0.2) is 31.8 Å². The zero-order valence-corrected chi connectivity index (χ0v) is 9.70. The van der Waals surface area contributed by atoms with Gasteiger partial charge in [0.2, 0.25) is 0 Å². The molecule has 1 saturated heterocycles. The number of esters is 1. The normalized spacial score (nSPS) is 20.6. The van der Waals surface area contributed by atoms with Crippen LogP contribution in [0.2, 0.25) is 0 Å². The van der Waals surface area contributed by atoms with Crippen molar-refractivity contribution in [3.63, 3.8) is 0 Å². The Kier molecular flexibility index (Phi) is 5.64. The lowest BCUT2D eigenvalue weighted by atomic mass is 10.2. The first kappa shape index (κ1) is 12.8. The number of ether oxygens (including phenoxy) is 2. The fourth-order valence-corrected chi connectivity index (χ4v) is 1.45. The van der Waals surface area contributed by atoms with Gasteiger partial charge in [0.15, 0.2) is 0 Å². The molecule has 4 heteroatoms. The third-order valence-electron chi connectivity index (χ3n) is 2.30. The van der Waals surface area contributed by atoms with Crippen LogP contribution in [0.3, 0.4) is 0 Å². The molecule has 90 valence electrons. The average Bonchev–Trinajstić information content (AvgIpc) is 2.76. The molecule has 0 aromatic rings. The predicted molar refractivity (Wildman–Crippen MR) is 61.9 cm³/mol. The number of hydrogen-bond donors (Lipinski definition) is 1. The van der Waals surface area contributed by atoms with E-state index in [9.17, 15) is 4.79 Å². The summed E-state index contributed by atoms with van der Waals surface area (Å²) in [5.41, 5.74) is 0.775. The van der Waals surface area contributed by atoms with E-state index in [1.54, 1.807) is 6.08 Å². The van der Waals surface area contributed by atoms with Crippen LogP contribution >= 0.6 is 0 Å². The van der Waals surface area contributed by atoms with Crippen LogP contribution < -0.4 is 5.32 Å². The summed E-state index contributed by atoms with van der Waals surface area (Å²) in [5.74, 6) is -0.329. The summed E-state index contributed by atoms with van der Waals surface area (Å²) in [6.07, 6.45) is 5.29. The van der Waals surface area contributed by atoms with E-state index in [0.717, 1.165) is 25.1 Å². The maximum atomic E-state index is 11.4. The topological polar surface area (TPSA) is 47.6 Å². The Labute approximate surface area is 96.3 Å². The summed E-state index contributed by atoms with van der Waals surface area (Å²) in [6, 6.07) is 0. The maximum absolute atomic E-state index is 11.4. The van der Waals surface area contributed by atoms with Gasteiger partial charge in [0.05, 0.1) is 6.10 Å². The van der Waals surface area contributed by atoms with Gasteiger partial charge in [0.1, 0.15) is 6.61 Å². The molecule has 1 rings (SSSR count). The fourth-order valence-electron chi connectivity index (χ4n) is 1.45. The van der Waals surface area contributed by atoms with Crippen LogP contribution in [0.5, 0.6) is 0 Å². The van der Waals surface area contributed by atoms with E-state index < -0.39 is 0 Å². The molecule has 1 fully saturated rings. The molecule has 0 bridgehead atoms. The summed E-state index contributed by atoms with van der Waals surface area (Å²) >= 11 is 0. The first-order chi connectivity index (χ1) is 7.72. The minimum atomic E-state index is -0.329. The van der Waals surface area contributed by atoms with Gasteiger partial charge in [-0.2, -0.15) is 0 Å². The van der Waals surface area contributed by atoms with E-state index >= 15 is 0 Å². The van der Waals surface area contributed by atoms with Crippen LogP contribution in [0.1, 0.15) is 19.8 Å². The number of allylic oxidation sites excluding steroid dienone is 1. The number of nitrogens with one attached hydrogen (secondary N) is 1. The summed E-state index contributed by atoms with van der Waals surface area (Å²) < 4.78 is 10.4. The van der Waals surface area contributed by atoms with Gasteiger partial charge >= 0.3 is 5.97 Å². The van der Waals surface area contributed by atoms with Crippen molar-refractivity contribution in [1.29, 1.82) is 0 Å². The summed E-state index contributed by atoms with van der Waals surface area (Å²) in [4.78, 5) is 11.4. The van der Waals surface area contributed by atoms with E-state index in [1.807, 2.05) is 6.92 Å². The summed E-state index contributed by atoms with van der Waals surface area (Å²) in [7, 11) is 0. The average molecular weight is 225 g/mol. The molecule has 0 radical (unpaired) electrons. The van der Waals surface area contributed by atoms with Gasteiger partial charge < -0.3 is 14.8 Å². The lowest BCUT2D eigenvalue weighted by Gasteiger charge is -2.09. The van der Waals surface area contributed by atoms with Crippen molar-refractivity contribution in [3.8, 4) is 0 Å². The molecule has 16 heavy (non-hydrogen) atoms. The van der Waals surface area contributed by atoms with Crippen molar-refractivity contribution >= 4 is 5.97 Å². The van der Waals surface area contributed by atoms with Crippen molar-refractivity contribution < 1.29 is 14.3 Å². The Balaban J connectivity index is 2.20. The monoisotopic (exact) mass is 225 g/mol. The third kappa shape index (κ3) is 4.98. The van der Waals surface area contributed by atoms with E-state index in [2.05, 4.69) is 11.9 Å². The zero-order valence-electron chi connectivity index (χ0n) is 9.70. The highest BCUT2D eigenvalue weighted by molar-refractivity contribution is 5.82. The van der Waals surface area contributed by atoms with Crippen LogP contribution in [-0.2, 0) is 14.3 Å². The second-order valence-electron chi connectivity index (χ2n) is 3.76. The molecule has 4 nitrogen and oxygen atoms in total. The Morgan fingerprint density at radius 2 is 2.50 bits per heavy atom. The predicted octanol–water partition coefficient (Wildman–Crippen LogP) is 1.39. The molecule has 0 spiro atoms. The highest BCUT2D eigenvalue weighted by Crippen LogP contribution is 2.11. The standard InChI is InChI=1S/C12H19NO3/c1-3-6-13-10(2)8-12(14)16-9-11-5-4-7-15-11/h3,8,11,13H,1,4-7,9H2,2H3/b10-8-. The second-order valence-corrected chi connectivity index (χ2v) is 3.76. The van der Waals surface area contributed by atoms with Crippen LogP contribution in [0, 0.1) is 0 Å². The molecule has 1 N–H and O–H groups in total. The smallest absolute Gasteiger partial charge is 0.332 e. The minimum absolute atomic E-state index is 0.0822. The van der Waals surface area contributed by atoms with E-state index in [-0.39, 0.29) is 12.1 Å². The number of carbonyl (C=O) groups excluding carboxylic acids is 1. The lowest BCUT2D eigenvalue weighted by molar-refractivity contribution is -0.141. The zero-order chi connectivity index (χ0) is 11.8. The number of carbonyl (C=O) groups is 1. The first-order valence-corrected chi connectivity index (χ1v) is 5.54. The first-order valence-electron chi connectivity index (χ1n) is 5.54. The van der Waals surface area contributed by atoms with Crippen LogP contribution in [0.15, 0.2) is 24.4 Å². The van der Waals surface area contributed by atoms with Crippen LogP contribution in [0.25, 0.3) is 0 Å². The fraction of sp³-hybridized carbons (Fsp3) is 0.583. The van der Waals surface area contributed by atoms with Gasteiger partial charge in [-0.25, -0.2) is 4.79 Å². The highest BCUT2D eigenvalue weighted by atomic mass is 16.6. The Bertz CT molecular complexity index is 267. The van der Waals surface area contributed by atoms with Crippen molar-refractivity contribution in [3.05, 3.63) is 24.4 Å². The molecule has 0 aliphatic carbocycles. The summed E-state index contributed by atoms with van der Waals surface area (Å²) in [6.45, 7) is 7.16. The molecule has 0 amide bonds. The second kappa shape index (κ2) is 7.06. The van der Waals surface area contributed by atoms with Gasteiger partial charge in [0.25, 0.3) is 0 Å². The van der Waals surface area contributed by atoms with Gasteiger partial charge in [-0.15, -0.1) is 6.58 Å². The lowest BCUT2D eigenvalue weighted by Crippen LogP contribution is -2.18. The van der Waals surface area contributed by atoms with Crippen LogP contribution in [0.4, 0.5) is 0 Å². The SMILES string of the molecule is C=CCN/C(C)=C\C(=O)OCC1CCCO1. The quantitative estimate of drug-likeness (QED) is 0.421. The van der Waals surface area contributed by atoms with Crippen molar-refractivity contribution in [2.75, 3.05) is 19.8 Å². The molecular weight excluding hydrogens is 206 g/mol. The van der Waals surface area contributed by atoms with E-state index in [4.69, 9.17) is 9.47 Å². The van der Waals surface area contributed by atoms with Gasteiger partial charge in [0, 0.05) is 24.9 Å². The Morgan fingerprint density at radius 3 is 3.12 bits per heavy atom. The van der Waals surface area contributed by atoms with Gasteiger partial charge in [-0.05, 0) is 19.8 Å². The van der Waals surface area contributed by atoms with Crippen molar-refractivity contribution in [2.24, 2.45) is 0 Å². The summed E-state index contributed by atoms with van der Waals surface area (Å²) in [5, 5.41) is 3.00. The van der Waals surface area contributed by atoms with Gasteiger partial charge in [-0.1, -0.05) is 6.08 Å². The molecule has 0 aromatic carbocycles. The Morgan fingerprint density at radius 1 is 1.69 bits per heavy atom. The molecule has 0 saturated carbocycles. The molecule has 1 heterocycles. The number of hydrogen-bond acceptors (Lipinski definition) is 4. The molecule has 0 aromatic heterocycles. The van der Waals surface area contributed by atoms with Crippen molar-refractivity contribution in [2.45, 2.75) is 25.9 Å². The largest absolute Gasteiger partial charge is 0.460 e. The number of rotatable bonds is 6. The molecular formula is C12H19NO3. The Hall–Kier alpha value is -1.29. The highest BCUT2D eigenvalue weighted by Gasteiger charge is 2.16. The minimum Gasteiger partial charge on any atom is -0.460 e. The molecule has 1 unspecified atom stereocenters. The molecule has 1 atom stereocenters. The van der Waals surface area contributed by atoms with Gasteiger partial charge in [-0.3, -0.25) is 0 Å². The molecule has 1 aliphatic heterocycles. The maximum Gasteiger partial charge on any atom is 0.332 e. The third-order valence-corrected chi connectivity index (χ3v) is 2.30. The van der Waals surface area contributed by atoms with Crippen molar-refractivity contribution in [1.82, 2.24) is 5.32 Å². The van der Waals surface area contributed by atoms with E-state index in [0.29, 0.717) is 13.2 Å².